The fraction of sp³-hybridized carbons (Fsp3) is 0.400. The lowest BCUT2D eigenvalue weighted by molar-refractivity contribution is -0.130. The molecule has 0 atom stereocenters. The molecule has 0 bridgehead atoms. The number of aromatic nitrogens is 4. The van der Waals surface area contributed by atoms with Crippen LogP contribution in [0, 0.1) is 13.8 Å². The van der Waals surface area contributed by atoms with Crippen molar-refractivity contribution in [2.75, 3.05) is 13.1 Å². The zero-order valence-electron chi connectivity index (χ0n) is 15.7. The Labute approximate surface area is 157 Å². The number of likely N-dealkylation sites (tertiary alicyclic amines) is 1. The second-order valence-corrected chi connectivity index (χ2v) is 7.08. The molecule has 0 N–H and O–H groups in total. The smallest absolute Gasteiger partial charge is 0.264 e. The van der Waals surface area contributed by atoms with Gasteiger partial charge in [0.1, 0.15) is 11.2 Å². The van der Waals surface area contributed by atoms with E-state index in [9.17, 15) is 9.59 Å². The largest absolute Gasteiger partial charge is 0.343 e. The van der Waals surface area contributed by atoms with Crippen LogP contribution in [0.5, 0.6) is 0 Å². The molecule has 27 heavy (non-hydrogen) atoms. The summed E-state index contributed by atoms with van der Waals surface area (Å²) in [6, 6.07) is 7.92. The molecule has 2 aromatic heterocycles. The number of benzene rings is 1. The molecule has 1 aliphatic heterocycles. The standard InChI is InChI=1S/C20H23N5O2/c1-14-5-7-16(8-6-14)25-19-17(13-21-25)20(27)24(15(2)22-19)12-9-18(26)23-10-3-4-11-23/h5-8,13H,3-4,9-12H2,1-2H3. The van der Waals surface area contributed by atoms with E-state index in [2.05, 4.69) is 10.1 Å². The summed E-state index contributed by atoms with van der Waals surface area (Å²) < 4.78 is 3.26. The Kier molecular flexibility index (Phi) is 4.51. The Morgan fingerprint density at radius 1 is 1.11 bits per heavy atom. The van der Waals surface area contributed by atoms with Gasteiger partial charge < -0.3 is 4.90 Å². The van der Waals surface area contributed by atoms with E-state index in [1.807, 2.05) is 36.1 Å². The molecule has 140 valence electrons. The predicted molar refractivity (Wildman–Crippen MR) is 103 cm³/mol. The van der Waals surface area contributed by atoms with Gasteiger partial charge in [0.15, 0.2) is 5.65 Å². The Hall–Kier alpha value is -2.96. The molecular weight excluding hydrogens is 342 g/mol. The molecule has 1 aliphatic rings. The third-order valence-electron chi connectivity index (χ3n) is 5.16. The highest BCUT2D eigenvalue weighted by molar-refractivity contribution is 5.77. The zero-order valence-corrected chi connectivity index (χ0v) is 15.7. The first-order valence-electron chi connectivity index (χ1n) is 9.34. The summed E-state index contributed by atoms with van der Waals surface area (Å²) in [7, 11) is 0. The molecule has 3 aromatic rings. The molecule has 0 aliphatic carbocycles. The van der Waals surface area contributed by atoms with Gasteiger partial charge in [-0.15, -0.1) is 0 Å². The van der Waals surface area contributed by atoms with Gasteiger partial charge in [-0.05, 0) is 38.8 Å². The monoisotopic (exact) mass is 365 g/mol. The van der Waals surface area contributed by atoms with Crippen LogP contribution in [0.1, 0.15) is 30.7 Å². The maximum Gasteiger partial charge on any atom is 0.264 e. The molecule has 0 unspecified atom stereocenters. The lowest BCUT2D eigenvalue weighted by Crippen LogP contribution is -2.31. The summed E-state index contributed by atoms with van der Waals surface area (Å²) in [5.41, 5.74) is 2.42. The number of hydrogen-bond acceptors (Lipinski definition) is 4. The average Bonchev–Trinajstić information content (AvgIpc) is 3.32. The van der Waals surface area contributed by atoms with Crippen LogP contribution in [0.25, 0.3) is 16.7 Å². The van der Waals surface area contributed by atoms with Gasteiger partial charge in [0, 0.05) is 26.1 Å². The third-order valence-corrected chi connectivity index (χ3v) is 5.16. The van der Waals surface area contributed by atoms with Gasteiger partial charge >= 0.3 is 0 Å². The molecule has 1 fully saturated rings. The first-order valence-corrected chi connectivity index (χ1v) is 9.34. The molecule has 7 heteroatoms. The van der Waals surface area contributed by atoms with E-state index in [4.69, 9.17) is 0 Å². The van der Waals surface area contributed by atoms with Crippen molar-refractivity contribution in [3.8, 4) is 5.69 Å². The van der Waals surface area contributed by atoms with Gasteiger partial charge in [-0.2, -0.15) is 5.10 Å². The Bertz CT molecular complexity index is 1040. The Morgan fingerprint density at radius 3 is 2.52 bits per heavy atom. The normalized spacial score (nSPS) is 14.2. The molecule has 0 spiro atoms. The van der Waals surface area contributed by atoms with Gasteiger partial charge in [-0.3, -0.25) is 14.2 Å². The second kappa shape index (κ2) is 6.98. The minimum atomic E-state index is -0.148. The molecule has 1 amide bonds. The molecular formula is C20H23N5O2. The Morgan fingerprint density at radius 2 is 1.81 bits per heavy atom. The van der Waals surface area contributed by atoms with E-state index in [0.717, 1.165) is 37.2 Å². The Balaban J connectivity index is 1.64. The van der Waals surface area contributed by atoms with Crippen molar-refractivity contribution in [2.45, 2.75) is 39.7 Å². The lowest BCUT2D eigenvalue weighted by atomic mass is 10.2. The van der Waals surface area contributed by atoms with Crippen molar-refractivity contribution in [2.24, 2.45) is 0 Å². The molecule has 1 saturated heterocycles. The van der Waals surface area contributed by atoms with Gasteiger partial charge in [-0.1, -0.05) is 17.7 Å². The van der Waals surface area contributed by atoms with Crippen LogP contribution < -0.4 is 5.56 Å². The minimum absolute atomic E-state index is 0.106. The molecule has 3 heterocycles. The maximum atomic E-state index is 12.9. The molecule has 0 saturated carbocycles. The van der Waals surface area contributed by atoms with Crippen LogP contribution in [0.4, 0.5) is 0 Å². The van der Waals surface area contributed by atoms with E-state index < -0.39 is 0 Å². The maximum absolute atomic E-state index is 12.9. The van der Waals surface area contributed by atoms with Gasteiger partial charge in [0.05, 0.1) is 11.9 Å². The summed E-state index contributed by atoms with van der Waals surface area (Å²) in [6.45, 7) is 5.82. The van der Waals surface area contributed by atoms with Crippen LogP contribution in [-0.4, -0.2) is 43.2 Å². The fourth-order valence-electron chi connectivity index (χ4n) is 3.58. The number of rotatable bonds is 4. The van der Waals surface area contributed by atoms with E-state index in [-0.39, 0.29) is 11.5 Å². The van der Waals surface area contributed by atoms with Crippen LogP contribution >= 0.6 is 0 Å². The van der Waals surface area contributed by atoms with Crippen molar-refractivity contribution in [3.63, 3.8) is 0 Å². The van der Waals surface area contributed by atoms with Gasteiger partial charge in [-0.25, -0.2) is 9.67 Å². The average molecular weight is 365 g/mol. The number of aryl methyl sites for hydroxylation is 2. The predicted octanol–water partition coefficient (Wildman–Crippen LogP) is 2.21. The summed E-state index contributed by atoms with van der Waals surface area (Å²) in [4.78, 5) is 31.7. The fourth-order valence-corrected chi connectivity index (χ4v) is 3.58. The summed E-state index contributed by atoms with van der Waals surface area (Å²) in [6.07, 6.45) is 4.01. The number of nitrogens with zero attached hydrogens (tertiary/aromatic N) is 5. The van der Waals surface area contributed by atoms with Crippen LogP contribution in [0.15, 0.2) is 35.3 Å². The number of amides is 1. The second-order valence-electron chi connectivity index (χ2n) is 7.08. The topological polar surface area (TPSA) is 73.0 Å². The van der Waals surface area contributed by atoms with Crippen LogP contribution in [-0.2, 0) is 11.3 Å². The van der Waals surface area contributed by atoms with E-state index >= 15 is 0 Å². The molecule has 4 rings (SSSR count). The molecule has 0 radical (unpaired) electrons. The van der Waals surface area contributed by atoms with Crippen LogP contribution in [0.3, 0.4) is 0 Å². The van der Waals surface area contributed by atoms with Crippen LogP contribution in [0.2, 0.25) is 0 Å². The van der Waals surface area contributed by atoms with Crippen molar-refractivity contribution in [3.05, 3.63) is 52.2 Å². The highest BCUT2D eigenvalue weighted by Crippen LogP contribution is 2.16. The zero-order chi connectivity index (χ0) is 19.0. The number of fused-ring (bicyclic) bond motifs is 1. The third kappa shape index (κ3) is 3.25. The van der Waals surface area contributed by atoms with Crippen molar-refractivity contribution >= 4 is 16.9 Å². The SMILES string of the molecule is Cc1ccc(-n2ncc3c(=O)n(CCC(=O)N4CCCC4)c(C)nc32)cc1. The highest BCUT2D eigenvalue weighted by atomic mass is 16.2. The first-order chi connectivity index (χ1) is 13.0. The van der Waals surface area contributed by atoms with E-state index in [0.29, 0.717) is 29.8 Å². The quantitative estimate of drug-likeness (QED) is 0.711. The summed E-state index contributed by atoms with van der Waals surface area (Å²) in [5, 5.41) is 4.83. The highest BCUT2D eigenvalue weighted by Gasteiger charge is 2.19. The van der Waals surface area contributed by atoms with Crippen molar-refractivity contribution in [1.82, 2.24) is 24.2 Å². The molecule has 7 nitrogen and oxygen atoms in total. The lowest BCUT2D eigenvalue weighted by Gasteiger charge is -2.16. The summed E-state index contributed by atoms with van der Waals surface area (Å²) in [5.74, 6) is 0.699. The minimum Gasteiger partial charge on any atom is -0.343 e. The van der Waals surface area contributed by atoms with Crippen molar-refractivity contribution < 1.29 is 4.79 Å². The number of hydrogen-bond donors (Lipinski definition) is 0. The molecule has 1 aromatic carbocycles. The van der Waals surface area contributed by atoms with Gasteiger partial charge in [0.2, 0.25) is 5.91 Å². The van der Waals surface area contributed by atoms with E-state index in [1.165, 1.54) is 0 Å². The van der Waals surface area contributed by atoms with Crippen molar-refractivity contribution in [1.29, 1.82) is 0 Å². The summed E-state index contributed by atoms with van der Waals surface area (Å²) >= 11 is 0. The van der Waals surface area contributed by atoms with E-state index in [1.54, 1.807) is 22.4 Å². The van der Waals surface area contributed by atoms with Gasteiger partial charge in [0.25, 0.3) is 5.56 Å². The number of carbonyl (C=O) groups excluding carboxylic acids is 1. The first kappa shape index (κ1) is 17.5. The number of carbonyl (C=O) groups is 1.